The summed E-state index contributed by atoms with van der Waals surface area (Å²) in [6, 6.07) is 2.11. The monoisotopic (exact) mass is 242 g/mol. The fraction of sp³-hybridized carbons (Fsp3) is 0.429. The third-order valence-corrected chi connectivity index (χ3v) is 3.60. The first kappa shape index (κ1) is 11.4. The zero-order valence-corrected chi connectivity index (χ0v) is 10.7. The van der Waals surface area contributed by atoms with Gasteiger partial charge in [0.05, 0.1) is 5.69 Å². The standard InChI is InChI=1S/C14H18N4/c1-10-6-11(7-15)8-16-14(10)18-9-17-12-4-2-3-5-13(12)18/h6,8-9H,2-5,7,15H2,1H3. The molecule has 0 atom stereocenters. The predicted octanol–water partition coefficient (Wildman–Crippen LogP) is 1.91. The lowest BCUT2D eigenvalue weighted by atomic mass is 10.0. The molecular weight excluding hydrogens is 224 g/mol. The van der Waals surface area contributed by atoms with Crippen LogP contribution in [-0.4, -0.2) is 14.5 Å². The van der Waals surface area contributed by atoms with Crippen molar-refractivity contribution in [1.29, 1.82) is 0 Å². The number of nitrogens with two attached hydrogens (primary N) is 1. The Kier molecular flexibility index (Phi) is 2.88. The maximum absolute atomic E-state index is 5.64. The van der Waals surface area contributed by atoms with Crippen molar-refractivity contribution < 1.29 is 0 Å². The van der Waals surface area contributed by atoms with Crippen molar-refractivity contribution in [2.45, 2.75) is 39.2 Å². The van der Waals surface area contributed by atoms with Crippen LogP contribution in [-0.2, 0) is 19.4 Å². The highest BCUT2D eigenvalue weighted by atomic mass is 15.1. The third kappa shape index (κ3) is 1.82. The molecule has 1 aliphatic carbocycles. The number of aryl methyl sites for hydroxylation is 2. The minimum absolute atomic E-state index is 0.538. The predicted molar refractivity (Wildman–Crippen MR) is 70.6 cm³/mol. The van der Waals surface area contributed by atoms with Gasteiger partial charge in [-0.1, -0.05) is 0 Å². The van der Waals surface area contributed by atoms with E-state index in [1.165, 1.54) is 24.2 Å². The number of imidazole rings is 1. The summed E-state index contributed by atoms with van der Waals surface area (Å²) < 4.78 is 2.14. The van der Waals surface area contributed by atoms with Crippen LogP contribution in [0.1, 0.15) is 35.4 Å². The van der Waals surface area contributed by atoms with Crippen LogP contribution < -0.4 is 5.73 Å². The van der Waals surface area contributed by atoms with E-state index in [0.717, 1.165) is 29.8 Å². The Morgan fingerprint density at radius 2 is 2.11 bits per heavy atom. The number of nitrogens with zero attached hydrogens (tertiary/aromatic N) is 3. The SMILES string of the molecule is Cc1cc(CN)cnc1-n1cnc2c1CCCC2. The van der Waals surface area contributed by atoms with Gasteiger partial charge in [0, 0.05) is 18.4 Å². The molecule has 4 heteroatoms. The molecule has 0 radical (unpaired) electrons. The minimum atomic E-state index is 0.538. The summed E-state index contributed by atoms with van der Waals surface area (Å²) in [5.41, 5.74) is 10.4. The quantitative estimate of drug-likeness (QED) is 0.875. The molecule has 2 heterocycles. The van der Waals surface area contributed by atoms with E-state index in [1.807, 2.05) is 12.5 Å². The average Bonchev–Trinajstić information content (AvgIpc) is 2.82. The van der Waals surface area contributed by atoms with E-state index in [4.69, 9.17) is 5.73 Å². The van der Waals surface area contributed by atoms with Crippen molar-refractivity contribution in [2.24, 2.45) is 5.73 Å². The summed E-state index contributed by atoms with van der Waals surface area (Å²) in [7, 11) is 0. The number of fused-ring (bicyclic) bond motifs is 1. The first-order valence-electron chi connectivity index (χ1n) is 6.50. The highest BCUT2D eigenvalue weighted by Gasteiger charge is 2.17. The first-order chi connectivity index (χ1) is 8.79. The van der Waals surface area contributed by atoms with Crippen molar-refractivity contribution in [3.63, 3.8) is 0 Å². The van der Waals surface area contributed by atoms with E-state index in [1.54, 1.807) is 0 Å². The molecule has 1 aliphatic rings. The molecule has 3 rings (SSSR count). The van der Waals surface area contributed by atoms with Crippen molar-refractivity contribution in [1.82, 2.24) is 14.5 Å². The summed E-state index contributed by atoms with van der Waals surface area (Å²) in [5.74, 6) is 0.989. The van der Waals surface area contributed by atoms with Crippen molar-refractivity contribution in [3.8, 4) is 5.82 Å². The minimum Gasteiger partial charge on any atom is -0.326 e. The van der Waals surface area contributed by atoms with Crippen LogP contribution in [0.15, 0.2) is 18.6 Å². The van der Waals surface area contributed by atoms with Crippen LogP contribution in [0.2, 0.25) is 0 Å². The molecule has 0 saturated carbocycles. The molecule has 2 aromatic heterocycles. The lowest BCUT2D eigenvalue weighted by Gasteiger charge is -2.15. The Morgan fingerprint density at radius 1 is 1.28 bits per heavy atom. The summed E-state index contributed by atoms with van der Waals surface area (Å²) in [5, 5.41) is 0. The lowest BCUT2D eigenvalue weighted by Crippen LogP contribution is -2.09. The van der Waals surface area contributed by atoms with Crippen molar-refractivity contribution in [3.05, 3.63) is 41.1 Å². The highest BCUT2D eigenvalue weighted by molar-refractivity contribution is 5.38. The Balaban J connectivity index is 2.07. The summed E-state index contributed by atoms with van der Waals surface area (Å²) in [6.45, 7) is 2.62. The van der Waals surface area contributed by atoms with Gasteiger partial charge >= 0.3 is 0 Å². The maximum Gasteiger partial charge on any atom is 0.140 e. The highest BCUT2D eigenvalue weighted by Crippen LogP contribution is 2.23. The number of rotatable bonds is 2. The molecule has 0 unspecified atom stereocenters. The zero-order valence-electron chi connectivity index (χ0n) is 10.7. The second-order valence-corrected chi connectivity index (χ2v) is 4.90. The van der Waals surface area contributed by atoms with Crippen LogP contribution in [0.25, 0.3) is 5.82 Å². The number of pyridine rings is 1. The fourth-order valence-corrected chi connectivity index (χ4v) is 2.64. The van der Waals surface area contributed by atoms with E-state index < -0.39 is 0 Å². The molecule has 94 valence electrons. The molecule has 0 fully saturated rings. The van der Waals surface area contributed by atoms with E-state index in [0.29, 0.717) is 6.54 Å². The second kappa shape index (κ2) is 4.53. The molecule has 4 nitrogen and oxygen atoms in total. The molecule has 0 saturated heterocycles. The molecule has 0 amide bonds. The molecule has 0 spiro atoms. The van der Waals surface area contributed by atoms with Crippen molar-refractivity contribution >= 4 is 0 Å². The van der Waals surface area contributed by atoms with Gasteiger partial charge in [0.2, 0.25) is 0 Å². The number of aromatic nitrogens is 3. The first-order valence-corrected chi connectivity index (χ1v) is 6.50. The normalized spacial score (nSPS) is 14.6. The van der Waals surface area contributed by atoms with Crippen LogP contribution in [0.5, 0.6) is 0 Å². The second-order valence-electron chi connectivity index (χ2n) is 4.90. The van der Waals surface area contributed by atoms with E-state index in [9.17, 15) is 0 Å². The zero-order chi connectivity index (χ0) is 12.5. The Bertz CT molecular complexity index is 571. The van der Waals surface area contributed by atoms with Gasteiger partial charge in [0.25, 0.3) is 0 Å². The van der Waals surface area contributed by atoms with E-state index >= 15 is 0 Å². The van der Waals surface area contributed by atoms with Gasteiger partial charge in [-0.15, -0.1) is 0 Å². The van der Waals surface area contributed by atoms with Gasteiger partial charge in [-0.2, -0.15) is 0 Å². The molecule has 0 aromatic carbocycles. The van der Waals surface area contributed by atoms with Crippen LogP contribution in [0, 0.1) is 6.92 Å². The van der Waals surface area contributed by atoms with Crippen LogP contribution in [0.3, 0.4) is 0 Å². The van der Waals surface area contributed by atoms with Gasteiger partial charge in [0.1, 0.15) is 12.1 Å². The molecule has 2 aromatic rings. The van der Waals surface area contributed by atoms with Gasteiger partial charge in [-0.05, 0) is 49.8 Å². The largest absolute Gasteiger partial charge is 0.326 e. The molecule has 0 aliphatic heterocycles. The van der Waals surface area contributed by atoms with E-state index in [2.05, 4.69) is 27.5 Å². The topological polar surface area (TPSA) is 56.7 Å². The van der Waals surface area contributed by atoms with Gasteiger partial charge in [0.15, 0.2) is 0 Å². The molecular formula is C14H18N4. The van der Waals surface area contributed by atoms with Gasteiger partial charge < -0.3 is 5.73 Å². The Hall–Kier alpha value is -1.68. The Morgan fingerprint density at radius 3 is 2.89 bits per heavy atom. The summed E-state index contributed by atoms with van der Waals surface area (Å²) in [6.07, 6.45) is 8.48. The number of hydrogen-bond acceptors (Lipinski definition) is 3. The Labute approximate surface area is 107 Å². The summed E-state index contributed by atoms with van der Waals surface area (Å²) >= 11 is 0. The summed E-state index contributed by atoms with van der Waals surface area (Å²) in [4.78, 5) is 9.06. The fourth-order valence-electron chi connectivity index (χ4n) is 2.64. The molecule has 0 bridgehead atoms. The molecule has 18 heavy (non-hydrogen) atoms. The van der Waals surface area contributed by atoms with Crippen LogP contribution in [0.4, 0.5) is 0 Å². The number of hydrogen-bond donors (Lipinski definition) is 1. The molecule has 2 N–H and O–H groups in total. The smallest absolute Gasteiger partial charge is 0.140 e. The van der Waals surface area contributed by atoms with Crippen molar-refractivity contribution in [2.75, 3.05) is 0 Å². The average molecular weight is 242 g/mol. The van der Waals surface area contributed by atoms with Gasteiger partial charge in [-0.3, -0.25) is 4.57 Å². The van der Waals surface area contributed by atoms with E-state index in [-0.39, 0.29) is 0 Å². The maximum atomic E-state index is 5.64. The lowest BCUT2D eigenvalue weighted by molar-refractivity contribution is 0.653. The third-order valence-electron chi connectivity index (χ3n) is 3.60. The van der Waals surface area contributed by atoms with Gasteiger partial charge in [-0.25, -0.2) is 9.97 Å². The van der Waals surface area contributed by atoms with Crippen LogP contribution >= 0.6 is 0 Å².